The molecule has 0 radical (unpaired) electrons. The van der Waals surface area contributed by atoms with Crippen molar-refractivity contribution in [1.82, 2.24) is 10.9 Å². The van der Waals surface area contributed by atoms with Gasteiger partial charge in [0.25, 0.3) is 5.91 Å². The number of hydrazine groups is 1. The lowest BCUT2D eigenvalue weighted by atomic mass is 10.1. The van der Waals surface area contributed by atoms with Gasteiger partial charge < -0.3 is 0 Å². The van der Waals surface area contributed by atoms with Crippen molar-refractivity contribution in [1.29, 1.82) is 0 Å². The molecule has 1 aliphatic rings. The first-order valence-corrected chi connectivity index (χ1v) is 8.42. The van der Waals surface area contributed by atoms with Gasteiger partial charge in [-0.2, -0.15) is 0 Å². The molecule has 0 aliphatic carbocycles. The summed E-state index contributed by atoms with van der Waals surface area (Å²) in [6.07, 6.45) is 2.59. The molecule has 0 saturated carbocycles. The van der Waals surface area contributed by atoms with Crippen LogP contribution in [0.25, 0.3) is 6.08 Å². The second-order valence-corrected chi connectivity index (χ2v) is 7.16. The Morgan fingerprint density at radius 1 is 1.23 bits per heavy atom. The number of amides is 2. The van der Waals surface area contributed by atoms with Crippen LogP contribution < -0.4 is 10.9 Å². The van der Waals surface area contributed by atoms with Gasteiger partial charge in [0, 0.05) is 11.6 Å². The maximum Gasteiger partial charge on any atom is 0.262 e. The summed E-state index contributed by atoms with van der Waals surface area (Å²) in [6, 6.07) is 5.92. The van der Waals surface area contributed by atoms with Gasteiger partial charge in [0.05, 0.1) is 17.4 Å². The SMILES string of the molecule is O=C(/C=C/c1ccccc1F)NNC(=O)[C@H]1CCS(=O)(=O)C1. The summed E-state index contributed by atoms with van der Waals surface area (Å²) < 4.78 is 35.8. The zero-order valence-corrected chi connectivity index (χ0v) is 12.4. The Morgan fingerprint density at radius 3 is 2.59 bits per heavy atom. The van der Waals surface area contributed by atoms with Crippen LogP contribution in [0.3, 0.4) is 0 Å². The minimum atomic E-state index is -3.16. The Kier molecular flexibility index (Phi) is 4.92. The molecule has 1 aromatic rings. The minimum absolute atomic E-state index is 0.0216. The number of halogens is 1. The summed E-state index contributed by atoms with van der Waals surface area (Å²) in [5.74, 6) is -2.54. The number of carbonyl (C=O) groups is 2. The summed E-state index contributed by atoms with van der Waals surface area (Å²) in [5, 5.41) is 0. The molecule has 0 spiro atoms. The van der Waals surface area contributed by atoms with E-state index in [9.17, 15) is 22.4 Å². The molecular weight excluding hydrogens is 311 g/mol. The molecule has 0 bridgehead atoms. The lowest BCUT2D eigenvalue weighted by Crippen LogP contribution is -2.44. The summed E-state index contributed by atoms with van der Waals surface area (Å²) in [7, 11) is -3.16. The second kappa shape index (κ2) is 6.69. The van der Waals surface area contributed by atoms with Crippen molar-refractivity contribution in [2.45, 2.75) is 6.42 Å². The Balaban J connectivity index is 1.83. The molecule has 1 fully saturated rings. The topological polar surface area (TPSA) is 92.3 Å². The summed E-state index contributed by atoms with van der Waals surface area (Å²) in [6.45, 7) is 0. The van der Waals surface area contributed by atoms with Crippen molar-refractivity contribution >= 4 is 27.7 Å². The number of nitrogens with one attached hydrogen (secondary N) is 2. The van der Waals surface area contributed by atoms with Crippen LogP contribution in [-0.2, 0) is 19.4 Å². The molecule has 1 aliphatic heterocycles. The number of rotatable bonds is 3. The third kappa shape index (κ3) is 4.39. The molecule has 22 heavy (non-hydrogen) atoms. The molecule has 1 saturated heterocycles. The van der Waals surface area contributed by atoms with E-state index in [-0.39, 0.29) is 23.5 Å². The standard InChI is InChI=1S/C14H15FN2O4S/c15-12-4-2-1-3-10(12)5-6-13(18)16-17-14(19)11-7-8-22(20,21)9-11/h1-6,11H,7-9H2,(H,16,18)(H,17,19)/b6-5+/t11-/m0/s1. The highest BCUT2D eigenvalue weighted by atomic mass is 32.2. The monoisotopic (exact) mass is 326 g/mol. The Bertz CT molecular complexity index is 715. The average Bonchev–Trinajstić information content (AvgIpc) is 2.84. The molecule has 2 N–H and O–H groups in total. The molecule has 1 atom stereocenters. The highest BCUT2D eigenvalue weighted by Gasteiger charge is 2.32. The van der Waals surface area contributed by atoms with Crippen LogP contribution in [0, 0.1) is 11.7 Å². The van der Waals surface area contributed by atoms with Gasteiger partial charge in [-0.3, -0.25) is 20.4 Å². The van der Waals surface area contributed by atoms with Crippen molar-refractivity contribution in [3.63, 3.8) is 0 Å². The van der Waals surface area contributed by atoms with Gasteiger partial charge in [-0.1, -0.05) is 18.2 Å². The van der Waals surface area contributed by atoms with E-state index >= 15 is 0 Å². The van der Waals surface area contributed by atoms with Crippen LogP contribution in [-0.4, -0.2) is 31.7 Å². The summed E-state index contributed by atoms with van der Waals surface area (Å²) in [4.78, 5) is 23.2. The number of carbonyl (C=O) groups excluding carboxylic acids is 2. The Hall–Kier alpha value is -2.22. The quantitative estimate of drug-likeness (QED) is 0.622. The summed E-state index contributed by atoms with van der Waals surface area (Å²) >= 11 is 0. The predicted molar refractivity (Wildman–Crippen MR) is 78.5 cm³/mol. The largest absolute Gasteiger partial charge is 0.273 e. The van der Waals surface area contributed by atoms with Gasteiger partial charge in [0.15, 0.2) is 9.84 Å². The maximum absolute atomic E-state index is 13.3. The third-order valence-electron chi connectivity index (χ3n) is 3.23. The van der Waals surface area contributed by atoms with Gasteiger partial charge in [-0.25, -0.2) is 12.8 Å². The molecular formula is C14H15FN2O4S. The van der Waals surface area contributed by atoms with Gasteiger partial charge in [0.1, 0.15) is 5.82 Å². The minimum Gasteiger partial charge on any atom is -0.273 e. The zero-order valence-electron chi connectivity index (χ0n) is 11.6. The van der Waals surface area contributed by atoms with Crippen molar-refractivity contribution in [2.75, 3.05) is 11.5 Å². The van der Waals surface area contributed by atoms with Crippen LogP contribution in [0.15, 0.2) is 30.3 Å². The molecule has 1 aromatic carbocycles. The van der Waals surface area contributed by atoms with E-state index < -0.39 is 33.4 Å². The maximum atomic E-state index is 13.3. The lowest BCUT2D eigenvalue weighted by Gasteiger charge is -2.09. The molecule has 0 aromatic heterocycles. The van der Waals surface area contributed by atoms with Gasteiger partial charge in [-0.15, -0.1) is 0 Å². The fraction of sp³-hybridized carbons (Fsp3) is 0.286. The van der Waals surface area contributed by atoms with Gasteiger partial charge >= 0.3 is 0 Å². The van der Waals surface area contributed by atoms with Crippen molar-refractivity contribution in [2.24, 2.45) is 5.92 Å². The van der Waals surface area contributed by atoms with Crippen molar-refractivity contribution in [3.05, 3.63) is 41.7 Å². The van der Waals surface area contributed by atoms with Crippen LogP contribution in [0.2, 0.25) is 0 Å². The van der Waals surface area contributed by atoms with Crippen LogP contribution in [0.5, 0.6) is 0 Å². The molecule has 118 valence electrons. The molecule has 1 heterocycles. The van der Waals surface area contributed by atoms with E-state index in [2.05, 4.69) is 10.9 Å². The predicted octanol–water partition coefficient (Wildman–Crippen LogP) is 0.421. The van der Waals surface area contributed by atoms with Gasteiger partial charge in [-0.05, 0) is 18.6 Å². The highest BCUT2D eigenvalue weighted by Crippen LogP contribution is 2.17. The van der Waals surface area contributed by atoms with Crippen LogP contribution in [0.4, 0.5) is 4.39 Å². The molecule has 2 amide bonds. The molecule has 0 unspecified atom stereocenters. The fourth-order valence-corrected chi connectivity index (χ4v) is 3.79. The number of hydrogen-bond acceptors (Lipinski definition) is 4. The highest BCUT2D eigenvalue weighted by molar-refractivity contribution is 7.91. The molecule has 8 heteroatoms. The lowest BCUT2D eigenvalue weighted by molar-refractivity contribution is -0.129. The fourth-order valence-electron chi connectivity index (χ4n) is 2.04. The van der Waals surface area contributed by atoms with E-state index in [0.29, 0.717) is 0 Å². The molecule has 6 nitrogen and oxygen atoms in total. The van der Waals surface area contributed by atoms with Crippen LogP contribution in [0.1, 0.15) is 12.0 Å². The smallest absolute Gasteiger partial charge is 0.262 e. The first-order chi connectivity index (χ1) is 10.4. The van der Waals surface area contributed by atoms with E-state index in [0.717, 1.165) is 6.08 Å². The Morgan fingerprint density at radius 2 is 1.95 bits per heavy atom. The normalized spacial score (nSPS) is 20.0. The first kappa shape index (κ1) is 16.2. The van der Waals surface area contributed by atoms with Crippen molar-refractivity contribution < 1.29 is 22.4 Å². The van der Waals surface area contributed by atoms with Crippen LogP contribution >= 0.6 is 0 Å². The Labute approximate surface area is 127 Å². The number of sulfone groups is 1. The number of hydrogen-bond donors (Lipinski definition) is 2. The van der Waals surface area contributed by atoms with Gasteiger partial charge in [0.2, 0.25) is 5.91 Å². The number of benzene rings is 1. The summed E-state index contributed by atoms with van der Waals surface area (Å²) in [5.41, 5.74) is 4.54. The average molecular weight is 326 g/mol. The molecule has 2 rings (SSSR count). The van der Waals surface area contributed by atoms with E-state index in [1.54, 1.807) is 6.07 Å². The van der Waals surface area contributed by atoms with E-state index in [4.69, 9.17) is 0 Å². The third-order valence-corrected chi connectivity index (χ3v) is 5.00. The van der Waals surface area contributed by atoms with E-state index in [1.807, 2.05) is 0 Å². The first-order valence-electron chi connectivity index (χ1n) is 6.60. The zero-order chi connectivity index (χ0) is 16.2. The van der Waals surface area contributed by atoms with Crippen molar-refractivity contribution in [3.8, 4) is 0 Å². The second-order valence-electron chi connectivity index (χ2n) is 4.93. The van der Waals surface area contributed by atoms with E-state index in [1.165, 1.54) is 24.3 Å².